The van der Waals surface area contributed by atoms with Crippen LogP contribution in [-0.2, 0) is 5.88 Å². The van der Waals surface area contributed by atoms with Gasteiger partial charge in [-0.2, -0.15) is 0 Å². The standard InChI is InChI=1S/C13H24ClN3/c1-5-7-11(8-6-2)13-16-15-12(9-14)17(13)10(3)4/h10-11H,5-9H2,1-4H3. The Labute approximate surface area is 110 Å². The van der Waals surface area contributed by atoms with Crippen LogP contribution in [0, 0.1) is 0 Å². The van der Waals surface area contributed by atoms with E-state index in [1.54, 1.807) is 0 Å². The number of halogens is 1. The first kappa shape index (κ1) is 14.5. The van der Waals surface area contributed by atoms with E-state index in [-0.39, 0.29) is 0 Å². The second-order valence-corrected chi connectivity index (χ2v) is 5.11. The summed E-state index contributed by atoms with van der Waals surface area (Å²) < 4.78 is 2.21. The zero-order chi connectivity index (χ0) is 12.8. The molecule has 0 unspecified atom stereocenters. The van der Waals surface area contributed by atoms with Crippen LogP contribution >= 0.6 is 11.6 Å². The van der Waals surface area contributed by atoms with E-state index in [0.717, 1.165) is 11.6 Å². The van der Waals surface area contributed by atoms with Crippen molar-refractivity contribution in [3.8, 4) is 0 Å². The highest BCUT2D eigenvalue weighted by Crippen LogP contribution is 2.28. The molecule has 0 aliphatic heterocycles. The highest BCUT2D eigenvalue weighted by Gasteiger charge is 2.21. The van der Waals surface area contributed by atoms with Gasteiger partial charge in [0.15, 0.2) is 0 Å². The summed E-state index contributed by atoms with van der Waals surface area (Å²) in [6.07, 6.45) is 4.74. The number of nitrogens with zero attached hydrogens (tertiary/aromatic N) is 3. The van der Waals surface area contributed by atoms with Crippen LogP contribution in [-0.4, -0.2) is 14.8 Å². The maximum Gasteiger partial charge on any atom is 0.148 e. The van der Waals surface area contributed by atoms with Gasteiger partial charge in [0.25, 0.3) is 0 Å². The quantitative estimate of drug-likeness (QED) is 0.683. The van der Waals surface area contributed by atoms with E-state index in [0.29, 0.717) is 17.8 Å². The van der Waals surface area contributed by atoms with Crippen LogP contribution in [0.1, 0.15) is 77.0 Å². The van der Waals surface area contributed by atoms with Crippen LogP contribution in [0.15, 0.2) is 0 Å². The van der Waals surface area contributed by atoms with Crippen molar-refractivity contribution in [2.24, 2.45) is 0 Å². The van der Waals surface area contributed by atoms with Crippen molar-refractivity contribution in [3.63, 3.8) is 0 Å². The minimum absolute atomic E-state index is 0.380. The van der Waals surface area contributed by atoms with E-state index in [4.69, 9.17) is 11.6 Å². The van der Waals surface area contributed by atoms with Gasteiger partial charge >= 0.3 is 0 Å². The zero-order valence-electron chi connectivity index (χ0n) is 11.4. The Morgan fingerprint density at radius 2 is 1.71 bits per heavy atom. The minimum atomic E-state index is 0.380. The lowest BCUT2D eigenvalue weighted by atomic mass is 9.97. The summed E-state index contributed by atoms with van der Waals surface area (Å²) in [5.74, 6) is 2.99. The first-order chi connectivity index (χ1) is 8.15. The molecule has 0 saturated heterocycles. The van der Waals surface area contributed by atoms with Crippen LogP contribution in [0.4, 0.5) is 0 Å². The average molecular weight is 258 g/mol. The molecule has 98 valence electrons. The maximum atomic E-state index is 5.92. The van der Waals surface area contributed by atoms with Crippen molar-refractivity contribution in [1.29, 1.82) is 0 Å². The third kappa shape index (κ3) is 3.44. The van der Waals surface area contributed by atoms with Gasteiger partial charge in [-0.3, -0.25) is 0 Å². The summed E-state index contributed by atoms with van der Waals surface area (Å²) in [7, 11) is 0. The van der Waals surface area contributed by atoms with Gasteiger partial charge in [0, 0.05) is 12.0 Å². The second kappa shape index (κ2) is 7.00. The third-order valence-corrected chi connectivity index (χ3v) is 3.31. The Bertz CT molecular complexity index is 327. The summed E-state index contributed by atoms with van der Waals surface area (Å²) in [6.45, 7) is 8.78. The van der Waals surface area contributed by atoms with Crippen molar-refractivity contribution in [3.05, 3.63) is 11.6 Å². The highest BCUT2D eigenvalue weighted by atomic mass is 35.5. The molecule has 0 aliphatic rings. The van der Waals surface area contributed by atoms with Gasteiger partial charge in [-0.05, 0) is 26.7 Å². The fourth-order valence-electron chi connectivity index (χ4n) is 2.37. The maximum absolute atomic E-state index is 5.92. The molecule has 0 N–H and O–H groups in total. The molecule has 0 spiro atoms. The molecule has 0 aliphatic carbocycles. The smallest absolute Gasteiger partial charge is 0.148 e. The third-order valence-electron chi connectivity index (χ3n) is 3.07. The Kier molecular flexibility index (Phi) is 5.96. The molecule has 4 heteroatoms. The van der Waals surface area contributed by atoms with E-state index < -0.39 is 0 Å². The molecule has 1 heterocycles. The molecule has 0 amide bonds. The van der Waals surface area contributed by atoms with Gasteiger partial charge in [-0.25, -0.2) is 0 Å². The molecule has 1 rings (SSSR count). The van der Waals surface area contributed by atoms with E-state index in [2.05, 4.69) is 42.5 Å². The molecular formula is C13H24ClN3. The lowest BCUT2D eigenvalue weighted by molar-refractivity contribution is 0.471. The molecule has 0 fully saturated rings. The van der Waals surface area contributed by atoms with Gasteiger partial charge in [0.05, 0.1) is 5.88 Å². The van der Waals surface area contributed by atoms with E-state index in [1.165, 1.54) is 25.7 Å². The van der Waals surface area contributed by atoms with Crippen LogP contribution in [0.25, 0.3) is 0 Å². The minimum Gasteiger partial charge on any atom is -0.311 e. The highest BCUT2D eigenvalue weighted by molar-refractivity contribution is 6.16. The molecule has 3 nitrogen and oxygen atoms in total. The lowest BCUT2D eigenvalue weighted by Gasteiger charge is -2.19. The van der Waals surface area contributed by atoms with E-state index in [1.807, 2.05) is 0 Å². The molecule has 17 heavy (non-hydrogen) atoms. The van der Waals surface area contributed by atoms with Gasteiger partial charge in [-0.1, -0.05) is 26.7 Å². The van der Waals surface area contributed by atoms with Crippen molar-refractivity contribution < 1.29 is 0 Å². The van der Waals surface area contributed by atoms with Crippen molar-refractivity contribution in [2.45, 2.75) is 71.2 Å². The lowest BCUT2D eigenvalue weighted by Crippen LogP contribution is -2.13. The molecule has 0 radical (unpaired) electrons. The molecule has 0 aromatic carbocycles. The zero-order valence-corrected chi connectivity index (χ0v) is 12.2. The van der Waals surface area contributed by atoms with Crippen LogP contribution < -0.4 is 0 Å². The normalized spacial score (nSPS) is 11.7. The van der Waals surface area contributed by atoms with Crippen molar-refractivity contribution >= 4 is 11.6 Å². The van der Waals surface area contributed by atoms with Gasteiger partial charge in [0.1, 0.15) is 11.6 Å². The predicted molar refractivity (Wildman–Crippen MR) is 72.5 cm³/mol. The summed E-state index contributed by atoms with van der Waals surface area (Å²) in [5, 5.41) is 8.60. The van der Waals surface area contributed by atoms with Crippen molar-refractivity contribution in [1.82, 2.24) is 14.8 Å². The van der Waals surface area contributed by atoms with E-state index in [9.17, 15) is 0 Å². The van der Waals surface area contributed by atoms with E-state index >= 15 is 0 Å². The Morgan fingerprint density at radius 1 is 1.12 bits per heavy atom. The van der Waals surface area contributed by atoms with Crippen LogP contribution in [0.3, 0.4) is 0 Å². The monoisotopic (exact) mass is 257 g/mol. The second-order valence-electron chi connectivity index (χ2n) is 4.85. The summed E-state index contributed by atoms with van der Waals surface area (Å²) >= 11 is 5.92. The fourth-order valence-corrected chi connectivity index (χ4v) is 2.55. The number of alkyl halides is 1. The predicted octanol–water partition coefficient (Wildman–Crippen LogP) is 4.28. The SMILES string of the molecule is CCCC(CCC)c1nnc(CCl)n1C(C)C. The Morgan fingerprint density at radius 3 is 2.12 bits per heavy atom. The van der Waals surface area contributed by atoms with Crippen LogP contribution in [0.2, 0.25) is 0 Å². The molecule has 1 aromatic rings. The molecule has 1 aromatic heterocycles. The molecule has 0 saturated carbocycles. The largest absolute Gasteiger partial charge is 0.311 e. The number of hydrogen-bond acceptors (Lipinski definition) is 2. The molecule has 0 bridgehead atoms. The summed E-state index contributed by atoms with van der Waals surface area (Å²) in [6, 6.07) is 0.380. The Balaban J connectivity index is 3.04. The average Bonchev–Trinajstić information content (AvgIpc) is 2.72. The molecule has 0 atom stereocenters. The number of aromatic nitrogens is 3. The van der Waals surface area contributed by atoms with Gasteiger partial charge < -0.3 is 4.57 Å². The molecular weight excluding hydrogens is 234 g/mol. The van der Waals surface area contributed by atoms with Crippen molar-refractivity contribution in [2.75, 3.05) is 0 Å². The fraction of sp³-hybridized carbons (Fsp3) is 0.846. The first-order valence-corrected chi connectivity index (χ1v) is 7.18. The Hall–Kier alpha value is -0.570. The summed E-state index contributed by atoms with van der Waals surface area (Å²) in [4.78, 5) is 0. The van der Waals surface area contributed by atoms with Crippen LogP contribution in [0.5, 0.6) is 0 Å². The number of hydrogen-bond donors (Lipinski definition) is 0. The first-order valence-electron chi connectivity index (χ1n) is 6.65. The number of rotatable bonds is 7. The van der Waals surface area contributed by atoms with Gasteiger partial charge in [-0.15, -0.1) is 21.8 Å². The summed E-state index contributed by atoms with van der Waals surface area (Å²) in [5.41, 5.74) is 0. The van der Waals surface area contributed by atoms with Gasteiger partial charge in [0.2, 0.25) is 0 Å². The topological polar surface area (TPSA) is 30.7 Å².